The molecule has 3 atom stereocenters. The van der Waals surface area contributed by atoms with Gasteiger partial charge in [0, 0.05) is 6.42 Å². The minimum absolute atomic E-state index is 0.00340. The van der Waals surface area contributed by atoms with Gasteiger partial charge in [-0.25, -0.2) is 0 Å². The molecule has 0 saturated carbocycles. The Balaban J connectivity index is 4.30. The molecule has 0 heterocycles. The summed E-state index contributed by atoms with van der Waals surface area (Å²) in [4.78, 5) is 25.4. The quantitative estimate of drug-likeness (QED) is 0.0273. The number of nitrogens with zero attached hydrogens (tertiary/aromatic N) is 1. The zero-order valence-corrected chi connectivity index (χ0v) is 41.4. The summed E-state index contributed by atoms with van der Waals surface area (Å²) in [6, 6.07) is -0.816. The summed E-state index contributed by atoms with van der Waals surface area (Å²) in [6.07, 6.45) is 60.2. The van der Waals surface area contributed by atoms with Crippen molar-refractivity contribution in [2.75, 3.05) is 40.9 Å². The second kappa shape index (κ2) is 43.9. The summed E-state index contributed by atoms with van der Waals surface area (Å²) in [5.74, 6) is -0.188. The van der Waals surface area contributed by atoms with Crippen molar-refractivity contribution in [2.24, 2.45) is 0 Å². The van der Waals surface area contributed by atoms with Crippen molar-refractivity contribution in [2.45, 2.75) is 206 Å². The number of carbonyl (C=O) groups excluding carboxylic acids is 1. The third-order valence-corrected chi connectivity index (χ3v) is 11.6. The number of hydrogen-bond acceptors (Lipinski definition) is 6. The molecule has 0 aromatic heterocycles. The van der Waals surface area contributed by atoms with Gasteiger partial charge in [0.2, 0.25) is 5.91 Å². The Morgan fingerprint density at radius 3 is 1.44 bits per heavy atom. The van der Waals surface area contributed by atoms with Gasteiger partial charge in [0.25, 0.3) is 7.82 Å². The van der Waals surface area contributed by atoms with E-state index in [0.29, 0.717) is 23.9 Å². The maximum absolute atomic E-state index is 12.9. The zero-order chi connectivity index (χ0) is 45.7. The lowest BCUT2D eigenvalue weighted by molar-refractivity contribution is -0.870. The fourth-order valence-electron chi connectivity index (χ4n) is 6.72. The van der Waals surface area contributed by atoms with Gasteiger partial charge in [-0.2, -0.15) is 0 Å². The smallest absolute Gasteiger partial charge is 0.268 e. The molecule has 358 valence electrons. The Morgan fingerprint density at radius 1 is 0.581 bits per heavy atom. The summed E-state index contributed by atoms with van der Waals surface area (Å²) in [5, 5.41) is 13.9. The molecule has 0 rings (SSSR count). The van der Waals surface area contributed by atoms with Crippen molar-refractivity contribution < 1.29 is 32.9 Å². The van der Waals surface area contributed by atoms with Crippen LogP contribution in [0.5, 0.6) is 0 Å². The zero-order valence-electron chi connectivity index (χ0n) is 40.5. The number of aliphatic hydroxyl groups is 1. The first kappa shape index (κ1) is 59.7. The molecule has 0 aromatic carbocycles. The van der Waals surface area contributed by atoms with Crippen molar-refractivity contribution in [3.63, 3.8) is 0 Å². The fourth-order valence-corrected chi connectivity index (χ4v) is 7.45. The van der Waals surface area contributed by atoms with Crippen LogP contribution in [0.2, 0.25) is 0 Å². The minimum atomic E-state index is -4.58. The number of allylic oxidation sites excluding steroid dienone is 14. The number of rotatable bonds is 44. The molecule has 0 aliphatic carbocycles. The van der Waals surface area contributed by atoms with Crippen LogP contribution in [0.4, 0.5) is 0 Å². The maximum atomic E-state index is 12.9. The van der Waals surface area contributed by atoms with Gasteiger partial charge in [-0.05, 0) is 70.6 Å². The van der Waals surface area contributed by atoms with Crippen molar-refractivity contribution in [3.05, 3.63) is 85.1 Å². The summed E-state index contributed by atoms with van der Waals surface area (Å²) >= 11 is 0. The first-order valence-electron chi connectivity index (χ1n) is 24.9. The Kier molecular flexibility index (Phi) is 42.3. The molecule has 0 aromatic rings. The number of likely N-dealkylation sites (N-methyl/N-ethyl adjacent to an activating group) is 1. The molecule has 1 amide bonds. The Bertz CT molecular complexity index is 1280. The monoisotopic (exact) mass is 887 g/mol. The number of aliphatic hydroxyl groups excluding tert-OH is 1. The Labute approximate surface area is 382 Å². The average Bonchev–Trinajstić information content (AvgIpc) is 3.23. The lowest BCUT2D eigenvalue weighted by atomic mass is 10.0. The number of quaternary nitrogens is 1. The number of amides is 1. The van der Waals surface area contributed by atoms with E-state index in [-0.39, 0.29) is 19.1 Å². The molecule has 0 fully saturated rings. The van der Waals surface area contributed by atoms with Crippen LogP contribution in [0.3, 0.4) is 0 Å². The number of carbonyl (C=O) groups is 1. The van der Waals surface area contributed by atoms with Gasteiger partial charge in [-0.15, -0.1) is 0 Å². The number of hydrogen-bond donors (Lipinski definition) is 2. The van der Waals surface area contributed by atoms with Gasteiger partial charge in [0.1, 0.15) is 13.2 Å². The second-order valence-corrected chi connectivity index (χ2v) is 19.2. The topological polar surface area (TPSA) is 108 Å². The summed E-state index contributed by atoms with van der Waals surface area (Å²) < 4.78 is 23.3. The average molecular weight is 887 g/mol. The molecule has 0 radical (unpaired) electrons. The van der Waals surface area contributed by atoms with E-state index < -0.39 is 20.0 Å². The van der Waals surface area contributed by atoms with Crippen molar-refractivity contribution in [3.8, 4) is 0 Å². The van der Waals surface area contributed by atoms with Crippen LogP contribution in [-0.4, -0.2) is 68.5 Å². The second-order valence-electron chi connectivity index (χ2n) is 17.8. The van der Waals surface area contributed by atoms with Crippen molar-refractivity contribution in [1.82, 2.24) is 5.32 Å². The van der Waals surface area contributed by atoms with Crippen LogP contribution in [0.1, 0.15) is 194 Å². The lowest BCUT2D eigenvalue weighted by Gasteiger charge is -2.30. The van der Waals surface area contributed by atoms with E-state index in [1.165, 1.54) is 64.2 Å². The van der Waals surface area contributed by atoms with Gasteiger partial charge < -0.3 is 28.8 Å². The van der Waals surface area contributed by atoms with Gasteiger partial charge in [0.05, 0.1) is 39.9 Å². The highest BCUT2D eigenvalue weighted by Crippen LogP contribution is 2.38. The fraction of sp³-hybridized carbons (Fsp3) is 0.717. The van der Waals surface area contributed by atoms with E-state index >= 15 is 0 Å². The highest BCUT2D eigenvalue weighted by atomic mass is 31.2. The number of nitrogens with one attached hydrogen (secondary N) is 1. The molecule has 3 unspecified atom stereocenters. The highest BCUT2D eigenvalue weighted by Gasteiger charge is 2.24. The van der Waals surface area contributed by atoms with Crippen molar-refractivity contribution in [1.29, 1.82) is 0 Å². The summed E-state index contributed by atoms with van der Waals surface area (Å²) in [6.45, 7) is 4.57. The van der Waals surface area contributed by atoms with Gasteiger partial charge in [-0.1, -0.05) is 202 Å². The minimum Gasteiger partial charge on any atom is -0.756 e. The third kappa shape index (κ3) is 45.7. The standard InChI is InChI=1S/C53H95N2O6P/c1-6-8-10-12-14-16-18-20-21-22-23-24-25-26-27-28-29-30-31-32-33-35-37-39-41-43-45-47-53(57)54-51(50-61-62(58,59)60-49-48-55(3,4)5)52(56)46-44-42-40-38-36-34-19-17-15-13-11-9-7-2/h8,10,14,16,20-21,23-24,26-27,29-30,32-33,51-52,56H,6-7,9,11-13,15,17-19,22,25,28,31,34-50H2,1-5H3,(H-,54,57,58,59)/b10-8-,16-14-,21-20-,24-23-,27-26-,30-29-,33-32-. The lowest BCUT2D eigenvalue weighted by Crippen LogP contribution is -2.46. The SMILES string of the molecule is CC/C=C\C/C=C\C/C=C\C/C=C\C/C=C\C/C=C\C/C=C\CCCCCCCC(=O)NC(COP(=O)([O-])OCC[N+](C)(C)C)C(O)CCCCCCCCCCCCCCC. The van der Waals surface area contributed by atoms with Gasteiger partial charge >= 0.3 is 0 Å². The molecule has 0 aliphatic rings. The molecule has 2 N–H and O–H groups in total. The molecular formula is C53H95N2O6P. The molecule has 8 nitrogen and oxygen atoms in total. The molecule has 62 heavy (non-hydrogen) atoms. The number of unbranched alkanes of at least 4 members (excludes halogenated alkanes) is 17. The van der Waals surface area contributed by atoms with Crippen LogP contribution in [0, 0.1) is 0 Å². The maximum Gasteiger partial charge on any atom is 0.268 e. The van der Waals surface area contributed by atoms with Crippen LogP contribution in [0.15, 0.2) is 85.1 Å². The predicted octanol–water partition coefficient (Wildman–Crippen LogP) is 13.9. The van der Waals surface area contributed by atoms with Crippen LogP contribution in [-0.2, 0) is 18.4 Å². The molecule has 0 saturated heterocycles. The summed E-state index contributed by atoms with van der Waals surface area (Å²) in [7, 11) is 1.28. The third-order valence-electron chi connectivity index (χ3n) is 10.6. The van der Waals surface area contributed by atoms with E-state index in [4.69, 9.17) is 9.05 Å². The van der Waals surface area contributed by atoms with E-state index in [0.717, 1.165) is 103 Å². The van der Waals surface area contributed by atoms with E-state index in [9.17, 15) is 19.4 Å². The predicted molar refractivity (Wildman–Crippen MR) is 265 cm³/mol. The normalized spacial score (nSPS) is 14.9. The molecule has 0 bridgehead atoms. The van der Waals surface area contributed by atoms with Crippen LogP contribution < -0.4 is 10.2 Å². The van der Waals surface area contributed by atoms with E-state index in [1.807, 2.05) is 21.1 Å². The molecule has 0 aliphatic heterocycles. The first-order chi connectivity index (χ1) is 30.0. The van der Waals surface area contributed by atoms with E-state index in [2.05, 4.69) is 104 Å². The van der Waals surface area contributed by atoms with Crippen LogP contribution >= 0.6 is 7.82 Å². The first-order valence-corrected chi connectivity index (χ1v) is 26.4. The molecule has 0 spiro atoms. The largest absolute Gasteiger partial charge is 0.756 e. The van der Waals surface area contributed by atoms with Crippen LogP contribution in [0.25, 0.3) is 0 Å². The number of phosphoric ester groups is 1. The highest BCUT2D eigenvalue weighted by molar-refractivity contribution is 7.45. The Hall–Kier alpha value is -2.32. The van der Waals surface area contributed by atoms with E-state index in [1.54, 1.807) is 0 Å². The molecule has 9 heteroatoms. The Morgan fingerprint density at radius 2 is 0.984 bits per heavy atom. The van der Waals surface area contributed by atoms with Crippen molar-refractivity contribution >= 4 is 13.7 Å². The van der Waals surface area contributed by atoms with Gasteiger partial charge in [0.15, 0.2) is 0 Å². The van der Waals surface area contributed by atoms with Gasteiger partial charge in [-0.3, -0.25) is 9.36 Å². The summed E-state index contributed by atoms with van der Waals surface area (Å²) in [5.41, 5.74) is 0. The molecular weight excluding hydrogens is 792 g/mol. The number of phosphoric acid groups is 1.